The average Bonchev–Trinajstić information content (AvgIpc) is 2.52. The van der Waals surface area contributed by atoms with Crippen LogP contribution in [-0.2, 0) is 0 Å². The Bertz CT molecular complexity index is 472. The lowest BCUT2D eigenvalue weighted by atomic mass is 10.3. The van der Waals surface area contributed by atoms with Crippen LogP contribution in [0.15, 0.2) is 29.3 Å². The van der Waals surface area contributed by atoms with Crippen LogP contribution < -0.4 is 5.56 Å². The Morgan fingerprint density at radius 2 is 2.31 bits per heavy atom. The summed E-state index contributed by atoms with van der Waals surface area (Å²) in [5, 5.41) is 0. The first-order chi connectivity index (χ1) is 6.25. The van der Waals surface area contributed by atoms with Crippen molar-refractivity contribution in [3.8, 4) is 10.6 Å². The molecule has 0 aliphatic heterocycles. The van der Waals surface area contributed by atoms with Crippen LogP contribution in [0.3, 0.4) is 0 Å². The molecule has 0 amide bonds. The van der Waals surface area contributed by atoms with Gasteiger partial charge < -0.3 is 4.98 Å². The van der Waals surface area contributed by atoms with Crippen LogP contribution in [0.4, 0.5) is 0 Å². The highest BCUT2D eigenvalue weighted by molar-refractivity contribution is 7.15. The molecule has 1 N–H and O–H groups in total. The molecule has 3 nitrogen and oxygen atoms in total. The Kier molecular flexibility index (Phi) is 1.98. The molecule has 2 aromatic rings. The third-order valence-electron chi connectivity index (χ3n) is 1.67. The van der Waals surface area contributed by atoms with Gasteiger partial charge in [-0.05, 0) is 19.1 Å². The van der Waals surface area contributed by atoms with Gasteiger partial charge in [-0.2, -0.15) is 0 Å². The van der Waals surface area contributed by atoms with E-state index >= 15 is 0 Å². The Hall–Kier alpha value is -1.42. The first-order valence-electron chi connectivity index (χ1n) is 3.87. The van der Waals surface area contributed by atoms with Gasteiger partial charge in [-0.1, -0.05) is 0 Å². The van der Waals surface area contributed by atoms with Crippen LogP contribution in [0.2, 0.25) is 0 Å². The highest BCUT2D eigenvalue weighted by atomic mass is 32.1. The normalized spacial score (nSPS) is 10.2. The number of aromatic amines is 1. The molecule has 0 radical (unpaired) electrons. The second-order valence-corrected chi connectivity index (χ2v) is 3.99. The molecule has 0 bridgehead atoms. The van der Waals surface area contributed by atoms with Gasteiger partial charge in [-0.3, -0.25) is 4.79 Å². The SMILES string of the molecule is Cc1ccc(-c2cc(=O)[nH]cn2)s1. The molecule has 0 fully saturated rings. The molecular weight excluding hydrogens is 184 g/mol. The minimum atomic E-state index is -0.115. The molecule has 0 saturated carbocycles. The number of nitrogens with zero attached hydrogens (tertiary/aromatic N) is 1. The Labute approximate surface area is 79.1 Å². The molecule has 0 unspecified atom stereocenters. The molecule has 0 spiro atoms. The summed E-state index contributed by atoms with van der Waals surface area (Å²) in [5.74, 6) is 0. The fourth-order valence-electron chi connectivity index (χ4n) is 1.08. The lowest BCUT2D eigenvalue weighted by Crippen LogP contribution is -2.03. The van der Waals surface area contributed by atoms with Gasteiger partial charge in [-0.15, -0.1) is 11.3 Å². The summed E-state index contributed by atoms with van der Waals surface area (Å²) in [5.41, 5.74) is 0.623. The first kappa shape index (κ1) is 8.19. The van der Waals surface area contributed by atoms with Crippen molar-refractivity contribution in [1.82, 2.24) is 9.97 Å². The fraction of sp³-hybridized carbons (Fsp3) is 0.111. The Morgan fingerprint density at radius 3 is 2.92 bits per heavy atom. The third kappa shape index (κ3) is 1.67. The molecule has 66 valence electrons. The van der Waals surface area contributed by atoms with E-state index < -0.39 is 0 Å². The van der Waals surface area contributed by atoms with E-state index in [1.165, 1.54) is 17.3 Å². The van der Waals surface area contributed by atoms with Crippen molar-refractivity contribution >= 4 is 11.3 Å². The van der Waals surface area contributed by atoms with Crippen LogP contribution in [0.25, 0.3) is 10.6 Å². The highest BCUT2D eigenvalue weighted by Crippen LogP contribution is 2.24. The molecule has 0 aliphatic rings. The van der Waals surface area contributed by atoms with Crippen LogP contribution in [0.1, 0.15) is 4.88 Å². The number of hydrogen-bond acceptors (Lipinski definition) is 3. The molecule has 2 aromatic heterocycles. The number of hydrogen-bond donors (Lipinski definition) is 1. The van der Waals surface area contributed by atoms with Crippen molar-refractivity contribution < 1.29 is 0 Å². The predicted molar refractivity (Wildman–Crippen MR) is 52.9 cm³/mol. The number of H-pyrrole nitrogens is 1. The van der Waals surface area contributed by atoms with Crippen molar-refractivity contribution in [3.05, 3.63) is 39.8 Å². The maximum Gasteiger partial charge on any atom is 0.251 e. The molecule has 4 heteroatoms. The number of aryl methyl sites for hydroxylation is 1. The van der Waals surface area contributed by atoms with Crippen LogP contribution in [-0.4, -0.2) is 9.97 Å². The number of nitrogens with one attached hydrogen (secondary N) is 1. The standard InChI is InChI=1S/C9H8N2OS/c1-6-2-3-8(13-6)7-4-9(12)11-5-10-7/h2-5H,1H3,(H,10,11,12). The Morgan fingerprint density at radius 1 is 1.46 bits per heavy atom. The summed E-state index contributed by atoms with van der Waals surface area (Å²) < 4.78 is 0. The zero-order chi connectivity index (χ0) is 9.26. The molecular formula is C9H8N2OS. The van der Waals surface area contributed by atoms with E-state index in [0.29, 0.717) is 0 Å². The van der Waals surface area contributed by atoms with Crippen LogP contribution >= 0.6 is 11.3 Å². The van der Waals surface area contributed by atoms with Crippen molar-refractivity contribution in [2.24, 2.45) is 0 Å². The maximum absolute atomic E-state index is 11.0. The van der Waals surface area contributed by atoms with Gasteiger partial charge in [0.2, 0.25) is 0 Å². The lowest BCUT2D eigenvalue weighted by Gasteiger charge is -1.92. The molecule has 0 saturated heterocycles. The van der Waals surface area contributed by atoms with Gasteiger partial charge in [0, 0.05) is 10.9 Å². The van der Waals surface area contributed by atoms with Crippen molar-refractivity contribution in [2.45, 2.75) is 6.92 Å². The molecule has 0 atom stereocenters. The van der Waals surface area contributed by atoms with Gasteiger partial charge in [0.05, 0.1) is 16.9 Å². The predicted octanol–water partition coefficient (Wildman–Crippen LogP) is 1.81. The van der Waals surface area contributed by atoms with E-state index in [9.17, 15) is 4.79 Å². The monoisotopic (exact) mass is 192 g/mol. The summed E-state index contributed by atoms with van der Waals surface area (Å²) in [6.45, 7) is 2.03. The molecule has 2 heterocycles. The topological polar surface area (TPSA) is 45.8 Å². The van der Waals surface area contributed by atoms with E-state index in [2.05, 4.69) is 9.97 Å². The van der Waals surface area contributed by atoms with E-state index in [4.69, 9.17) is 0 Å². The van der Waals surface area contributed by atoms with Gasteiger partial charge in [0.25, 0.3) is 5.56 Å². The summed E-state index contributed by atoms with van der Waals surface area (Å²) in [4.78, 5) is 19.8. The lowest BCUT2D eigenvalue weighted by molar-refractivity contribution is 1.13. The van der Waals surface area contributed by atoms with Crippen LogP contribution in [0.5, 0.6) is 0 Å². The van der Waals surface area contributed by atoms with Gasteiger partial charge in [0.15, 0.2) is 0 Å². The first-order valence-corrected chi connectivity index (χ1v) is 4.69. The summed E-state index contributed by atoms with van der Waals surface area (Å²) >= 11 is 1.63. The smallest absolute Gasteiger partial charge is 0.251 e. The fourth-order valence-corrected chi connectivity index (χ4v) is 1.91. The molecule has 0 aromatic carbocycles. The molecule has 0 aliphatic carbocycles. The van der Waals surface area contributed by atoms with E-state index in [0.717, 1.165) is 10.6 Å². The van der Waals surface area contributed by atoms with Crippen molar-refractivity contribution in [3.63, 3.8) is 0 Å². The van der Waals surface area contributed by atoms with Crippen molar-refractivity contribution in [1.29, 1.82) is 0 Å². The largest absolute Gasteiger partial charge is 0.313 e. The maximum atomic E-state index is 11.0. The van der Waals surface area contributed by atoms with Gasteiger partial charge in [0.1, 0.15) is 0 Å². The summed E-state index contributed by atoms with van der Waals surface area (Å²) in [6, 6.07) is 5.50. The van der Waals surface area contributed by atoms with E-state index in [-0.39, 0.29) is 5.56 Å². The molecule has 13 heavy (non-hydrogen) atoms. The molecule has 2 rings (SSSR count). The van der Waals surface area contributed by atoms with Crippen LogP contribution in [0, 0.1) is 6.92 Å². The summed E-state index contributed by atoms with van der Waals surface area (Å²) in [7, 11) is 0. The number of rotatable bonds is 1. The second kappa shape index (κ2) is 3.14. The third-order valence-corrected chi connectivity index (χ3v) is 2.69. The zero-order valence-electron chi connectivity index (χ0n) is 7.07. The Balaban J connectivity index is 2.52. The van der Waals surface area contributed by atoms with Crippen molar-refractivity contribution in [2.75, 3.05) is 0 Å². The minimum absolute atomic E-state index is 0.115. The average molecular weight is 192 g/mol. The highest BCUT2D eigenvalue weighted by Gasteiger charge is 2.01. The number of thiophene rings is 1. The summed E-state index contributed by atoms with van der Waals surface area (Å²) in [6.07, 6.45) is 1.42. The second-order valence-electron chi connectivity index (χ2n) is 2.71. The quantitative estimate of drug-likeness (QED) is 0.749. The van der Waals surface area contributed by atoms with Gasteiger partial charge in [-0.25, -0.2) is 4.98 Å². The van der Waals surface area contributed by atoms with Gasteiger partial charge >= 0.3 is 0 Å². The number of aromatic nitrogens is 2. The van der Waals surface area contributed by atoms with E-state index in [1.54, 1.807) is 11.3 Å². The van der Waals surface area contributed by atoms with E-state index in [1.807, 2.05) is 19.1 Å². The zero-order valence-corrected chi connectivity index (χ0v) is 7.89. The minimum Gasteiger partial charge on any atom is -0.313 e.